The zero-order valence-electron chi connectivity index (χ0n) is 9.21. The molecule has 0 saturated carbocycles. The molecule has 2 heterocycles. The van der Waals surface area contributed by atoms with Gasteiger partial charge in [0.1, 0.15) is 0 Å². The van der Waals surface area contributed by atoms with Gasteiger partial charge in [0.25, 0.3) is 0 Å². The molecule has 0 amide bonds. The molecule has 1 aliphatic heterocycles. The van der Waals surface area contributed by atoms with Gasteiger partial charge in [-0.15, -0.1) is 24.8 Å². The molecular formula is C11H19Cl2N3. The van der Waals surface area contributed by atoms with E-state index in [9.17, 15) is 0 Å². The fourth-order valence-electron chi connectivity index (χ4n) is 2.05. The average Bonchev–Trinajstić information content (AvgIpc) is 2.30. The maximum atomic E-state index is 5.70. The molecule has 2 N–H and O–H groups in total. The van der Waals surface area contributed by atoms with Crippen molar-refractivity contribution >= 4 is 30.5 Å². The number of halogens is 2. The van der Waals surface area contributed by atoms with Crippen molar-refractivity contribution in [3.05, 3.63) is 24.5 Å². The predicted molar refractivity (Wildman–Crippen MR) is 72.7 cm³/mol. The van der Waals surface area contributed by atoms with Gasteiger partial charge in [0, 0.05) is 31.2 Å². The van der Waals surface area contributed by atoms with Crippen LogP contribution in [0.1, 0.15) is 12.8 Å². The molecule has 0 spiro atoms. The van der Waals surface area contributed by atoms with E-state index in [0.717, 1.165) is 19.6 Å². The largest absolute Gasteiger partial charge is 0.371 e. The molecule has 16 heavy (non-hydrogen) atoms. The number of aromatic nitrogens is 1. The Morgan fingerprint density at radius 2 is 2.00 bits per heavy atom. The van der Waals surface area contributed by atoms with Gasteiger partial charge < -0.3 is 10.6 Å². The fraction of sp³-hybridized carbons (Fsp3) is 0.545. The number of nitrogens with zero attached hydrogens (tertiary/aromatic N) is 2. The van der Waals surface area contributed by atoms with E-state index in [2.05, 4.69) is 22.0 Å². The topological polar surface area (TPSA) is 42.1 Å². The molecule has 1 saturated heterocycles. The molecule has 5 heteroatoms. The Morgan fingerprint density at radius 3 is 2.62 bits per heavy atom. The van der Waals surface area contributed by atoms with Crippen molar-refractivity contribution in [3.63, 3.8) is 0 Å². The van der Waals surface area contributed by atoms with Crippen LogP contribution in [0.5, 0.6) is 0 Å². The molecule has 1 aliphatic rings. The summed E-state index contributed by atoms with van der Waals surface area (Å²) in [5, 5.41) is 0. The standard InChI is InChI=1S/C11H17N3.2ClH/c12-8-10-2-1-7-14(9-10)11-3-5-13-6-4-11;;/h3-6,10H,1-2,7-9,12H2;2*1H. The molecule has 2 rings (SSSR count). The average molecular weight is 264 g/mol. The van der Waals surface area contributed by atoms with E-state index >= 15 is 0 Å². The fourth-order valence-corrected chi connectivity index (χ4v) is 2.05. The van der Waals surface area contributed by atoms with Crippen LogP contribution in [0.2, 0.25) is 0 Å². The van der Waals surface area contributed by atoms with Crippen molar-refractivity contribution in [1.82, 2.24) is 4.98 Å². The van der Waals surface area contributed by atoms with Crippen molar-refractivity contribution in [1.29, 1.82) is 0 Å². The highest BCUT2D eigenvalue weighted by Crippen LogP contribution is 2.21. The summed E-state index contributed by atoms with van der Waals surface area (Å²) in [5.41, 5.74) is 6.98. The van der Waals surface area contributed by atoms with E-state index in [1.807, 2.05) is 12.4 Å². The minimum atomic E-state index is 0. The Kier molecular flexibility index (Phi) is 7.47. The first kappa shape index (κ1) is 15.5. The highest BCUT2D eigenvalue weighted by Gasteiger charge is 2.18. The predicted octanol–water partition coefficient (Wildman–Crippen LogP) is 2.10. The van der Waals surface area contributed by atoms with Gasteiger partial charge in [-0.1, -0.05) is 0 Å². The van der Waals surface area contributed by atoms with E-state index in [4.69, 9.17) is 5.73 Å². The van der Waals surface area contributed by atoms with Crippen LogP contribution in [0.4, 0.5) is 5.69 Å². The first-order valence-corrected chi connectivity index (χ1v) is 5.25. The van der Waals surface area contributed by atoms with Crippen LogP contribution < -0.4 is 10.6 Å². The maximum Gasteiger partial charge on any atom is 0.0397 e. The first-order valence-electron chi connectivity index (χ1n) is 5.25. The van der Waals surface area contributed by atoms with Gasteiger partial charge in [0.2, 0.25) is 0 Å². The second-order valence-electron chi connectivity index (χ2n) is 3.90. The lowest BCUT2D eigenvalue weighted by molar-refractivity contribution is 0.423. The highest BCUT2D eigenvalue weighted by atomic mass is 35.5. The van der Waals surface area contributed by atoms with E-state index in [1.54, 1.807) is 0 Å². The minimum absolute atomic E-state index is 0. The van der Waals surface area contributed by atoms with Crippen LogP contribution in [-0.2, 0) is 0 Å². The van der Waals surface area contributed by atoms with Crippen molar-refractivity contribution in [2.45, 2.75) is 12.8 Å². The molecule has 1 aromatic rings. The van der Waals surface area contributed by atoms with Crippen molar-refractivity contribution in [2.24, 2.45) is 11.7 Å². The summed E-state index contributed by atoms with van der Waals surface area (Å²) in [5.74, 6) is 0.664. The molecule has 0 aromatic carbocycles. The third-order valence-electron chi connectivity index (χ3n) is 2.88. The zero-order chi connectivity index (χ0) is 9.80. The van der Waals surface area contributed by atoms with Crippen LogP contribution in [0.25, 0.3) is 0 Å². The molecule has 0 bridgehead atoms. The summed E-state index contributed by atoms with van der Waals surface area (Å²) < 4.78 is 0. The third kappa shape index (κ3) is 3.81. The second-order valence-corrected chi connectivity index (χ2v) is 3.90. The van der Waals surface area contributed by atoms with Crippen LogP contribution in [0.15, 0.2) is 24.5 Å². The Morgan fingerprint density at radius 1 is 1.31 bits per heavy atom. The number of anilines is 1. The SMILES string of the molecule is Cl.Cl.NCC1CCCN(c2ccncc2)C1. The Labute approximate surface area is 109 Å². The summed E-state index contributed by atoms with van der Waals surface area (Å²) in [4.78, 5) is 6.43. The molecule has 1 fully saturated rings. The number of nitrogens with two attached hydrogens (primary N) is 1. The number of hydrogen-bond donors (Lipinski definition) is 1. The van der Waals surface area contributed by atoms with Crippen molar-refractivity contribution in [2.75, 3.05) is 24.5 Å². The van der Waals surface area contributed by atoms with Crippen molar-refractivity contribution in [3.8, 4) is 0 Å². The summed E-state index contributed by atoms with van der Waals surface area (Å²) in [7, 11) is 0. The highest BCUT2D eigenvalue weighted by molar-refractivity contribution is 5.85. The van der Waals surface area contributed by atoms with Crippen LogP contribution in [-0.4, -0.2) is 24.6 Å². The van der Waals surface area contributed by atoms with Gasteiger partial charge in [0.15, 0.2) is 0 Å². The van der Waals surface area contributed by atoms with Gasteiger partial charge in [-0.2, -0.15) is 0 Å². The molecule has 0 radical (unpaired) electrons. The zero-order valence-corrected chi connectivity index (χ0v) is 10.8. The van der Waals surface area contributed by atoms with Gasteiger partial charge in [-0.05, 0) is 37.4 Å². The quantitative estimate of drug-likeness (QED) is 0.889. The lowest BCUT2D eigenvalue weighted by Gasteiger charge is -2.33. The molecule has 1 unspecified atom stereocenters. The Balaban J connectivity index is 0.00000112. The van der Waals surface area contributed by atoms with Crippen LogP contribution in [0, 0.1) is 5.92 Å². The van der Waals surface area contributed by atoms with Gasteiger partial charge in [0.05, 0.1) is 0 Å². The molecule has 3 nitrogen and oxygen atoms in total. The monoisotopic (exact) mass is 263 g/mol. The van der Waals surface area contributed by atoms with Crippen molar-refractivity contribution < 1.29 is 0 Å². The smallest absolute Gasteiger partial charge is 0.0397 e. The second kappa shape index (κ2) is 7.71. The minimum Gasteiger partial charge on any atom is -0.371 e. The Hall–Kier alpha value is -0.510. The number of hydrogen-bond acceptors (Lipinski definition) is 3. The maximum absolute atomic E-state index is 5.70. The molecule has 1 aromatic heterocycles. The lowest BCUT2D eigenvalue weighted by Crippen LogP contribution is -2.38. The lowest BCUT2D eigenvalue weighted by atomic mass is 9.98. The summed E-state index contributed by atoms with van der Waals surface area (Å²) in [6.45, 7) is 3.06. The van der Waals surface area contributed by atoms with Gasteiger partial charge >= 0.3 is 0 Å². The number of pyridine rings is 1. The first-order chi connectivity index (χ1) is 6.90. The number of piperidine rings is 1. The Bertz CT molecular complexity index is 282. The normalized spacial score (nSPS) is 19.6. The number of rotatable bonds is 2. The van der Waals surface area contributed by atoms with Crippen LogP contribution in [0.3, 0.4) is 0 Å². The summed E-state index contributed by atoms with van der Waals surface area (Å²) in [6, 6.07) is 4.14. The molecular weight excluding hydrogens is 245 g/mol. The molecule has 92 valence electrons. The third-order valence-corrected chi connectivity index (χ3v) is 2.88. The molecule has 1 atom stereocenters. The van der Waals surface area contributed by atoms with E-state index in [-0.39, 0.29) is 24.8 Å². The van der Waals surface area contributed by atoms with Crippen LogP contribution >= 0.6 is 24.8 Å². The van der Waals surface area contributed by atoms with Gasteiger partial charge in [-0.25, -0.2) is 0 Å². The van der Waals surface area contributed by atoms with E-state index in [1.165, 1.54) is 18.5 Å². The molecule has 0 aliphatic carbocycles. The van der Waals surface area contributed by atoms with E-state index < -0.39 is 0 Å². The van der Waals surface area contributed by atoms with E-state index in [0.29, 0.717) is 5.92 Å². The summed E-state index contributed by atoms with van der Waals surface area (Å²) in [6.07, 6.45) is 6.23. The summed E-state index contributed by atoms with van der Waals surface area (Å²) >= 11 is 0. The van der Waals surface area contributed by atoms with Gasteiger partial charge in [-0.3, -0.25) is 4.98 Å².